The first kappa shape index (κ1) is 25.5. The maximum atomic E-state index is 12.1. The minimum Gasteiger partial charge on any atom is -0.335 e. The summed E-state index contributed by atoms with van der Waals surface area (Å²) in [6, 6.07) is 7.14. The van der Waals surface area contributed by atoms with Crippen LogP contribution in [0.15, 0.2) is 24.3 Å². The van der Waals surface area contributed by atoms with Gasteiger partial charge in [-0.25, -0.2) is 4.79 Å². The lowest BCUT2D eigenvalue weighted by Crippen LogP contribution is -2.44. The zero-order chi connectivity index (χ0) is 18.2. The SMILES string of the molecule is CC(N)CCC(=O)Nc1ccc(NC(=O)NC2CCN(C)CC2)cc1.Cl.Cl. The number of carbonyl (C=O) groups excluding carboxylic acids is 2. The second-order valence-electron chi connectivity index (χ2n) is 6.82. The monoisotopic (exact) mass is 419 g/mol. The Kier molecular flexibility index (Phi) is 12.0. The van der Waals surface area contributed by atoms with Crippen molar-refractivity contribution in [3.05, 3.63) is 24.3 Å². The van der Waals surface area contributed by atoms with Crippen molar-refractivity contribution in [2.24, 2.45) is 5.73 Å². The van der Waals surface area contributed by atoms with Crippen LogP contribution < -0.4 is 21.7 Å². The lowest BCUT2D eigenvalue weighted by atomic mass is 10.1. The number of benzene rings is 1. The lowest BCUT2D eigenvalue weighted by Gasteiger charge is -2.29. The van der Waals surface area contributed by atoms with Crippen LogP contribution in [0.25, 0.3) is 0 Å². The molecule has 0 aliphatic carbocycles. The van der Waals surface area contributed by atoms with Crippen molar-refractivity contribution >= 4 is 48.1 Å². The highest BCUT2D eigenvalue weighted by atomic mass is 35.5. The van der Waals surface area contributed by atoms with E-state index in [2.05, 4.69) is 27.9 Å². The lowest BCUT2D eigenvalue weighted by molar-refractivity contribution is -0.116. The molecular weight excluding hydrogens is 389 g/mol. The molecule has 0 bridgehead atoms. The summed E-state index contributed by atoms with van der Waals surface area (Å²) in [4.78, 5) is 26.1. The van der Waals surface area contributed by atoms with Crippen LogP contribution in [0.1, 0.15) is 32.6 Å². The van der Waals surface area contributed by atoms with Crippen LogP contribution in [-0.2, 0) is 4.79 Å². The van der Waals surface area contributed by atoms with Crippen LogP contribution in [0, 0.1) is 0 Å². The van der Waals surface area contributed by atoms with Gasteiger partial charge < -0.3 is 26.6 Å². The number of piperidine rings is 1. The molecule has 0 saturated carbocycles. The van der Waals surface area contributed by atoms with Gasteiger partial charge in [-0.15, -0.1) is 24.8 Å². The Morgan fingerprint density at radius 2 is 1.63 bits per heavy atom. The molecule has 1 aromatic carbocycles. The predicted molar refractivity (Wildman–Crippen MR) is 115 cm³/mol. The van der Waals surface area contributed by atoms with Gasteiger partial charge in [0.1, 0.15) is 0 Å². The fourth-order valence-corrected chi connectivity index (χ4v) is 2.72. The van der Waals surface area contributed by atoms with Crippen molar-refractivity contribution in [3.63, 3.8) is 0 Å². The number of anilines is 2. The number of amides is 3. The molecule has 1 fully saturated rings. The molecule has 7 nitrogen and oxygen atoms in total. The quantitative estimate of drug-likeness (QED) is 0.569. The van der Waals surface area contributed by atoms with Gasteiger partial charge >= 0.3 is 6.03 Å². The van der Waals surface area contributed by atoms with E-state index in [1.54, 1.807) is 24.3 Å². The number of likely N-dealkylation sites (tertiary alicyclic amines) is 1. The number of nitrogens with one attached hydrogen (secondary N) is 3. The standard InChI is InChI=1S/C18H29N5O2.2ClH/c1-13(19)3-8-17(24)20-14-4-6-15(7-5-14)21-18(25)22-16-9-11-23(2)12-10-16;;/h4-7,13,16H,3,8-12,19H2,1-2H3,(H,20,24)(H2,21,22,25);2*1H. The molecular formula is C18H31Cl2N5O2. The van der Waals surface area contributed by atoms with Gasteiger partial charge in [0.25, 0.3) is 0 Å². The summed E-state index contributed by atoms with van der Waals surface area (Å²) in [6.45, 7) is 3.88. The summed E-state index contributed by atoms with van der Waals surface area (Å²) in [5.74, 6) is -0.0574. The van der Waals surface area contributed by atoms with Gasteiger partial charge in [0, 0.05) is 29.9 Å². The molecule has 1 aromatic rings. The number of nitrogens with two attached hydrogens (primary N) is 1. The predicted octanol–water partition coefficient (Wildman–Crippen LogP) is 2.81. The smallest absolute Gasteiger partial charge is 0.319 e. The Labute approximate surface area is 173 Å². The van der Waals surface area contributed by atoms with Crippen molar-refractivity contribution < 1.29 is 9.59 Å². The average molecular weight is 420 g/mol. The first-order chi connectivity index (χ1) is 11.9. The Hall–Kier alpha value is -1.54. The minimum absolute atomic E-state index is 0. The van der Waals surface area contributed by atoms with Gasteiger partial charge in [-0.2, -0.15) is 0 Å². The van der Waals surface area contributed by atoms with Crippen molar-refractivity contribution in [1.82, 2.24) is 10.2 Å². The number of urea groups is 1. The van der Waals surface area contributed by atoms with Gasteiger partial charge in [0.05, 0.1) is 0 Å². The zero-order valence-corrected chi connectivity index (χ0v) is 17.5. The van der Waals surface area contributed by atoms with Crippen molar-refractivity contribution in [2.45, 2.75) is 44.7 Å². The first-order valence-electron chi connectivity index (χ1n) is 8.84. The van der Waals surface area contributed by atoms with E-state index in [9.17, 15) is 9.59 Å². The molecule has 1 unspecified atom stereocenters. The van der Waals surface area contributed by atoms with Gasteiger partial charge in [0.2, 0.25) is 5.91 Å². The number of carbonyl (C=O) groups is 2. The fraction of sp³-hybridized carbons (Fsp3) is 0.556. The molecule has 154 valence electrons. The highest BCUT2D eigenvalue weighted by molar-refractivity contribution is 5.92. The maximum absolute atomic E-state index is 12.1. The molecule has 9 heteroatoms. The second kappa shape index (κ2) is 12.8. The van der Waals surface area contributed by atoms with E-state index in [0.717, 1.165) is 25.9 Å². The molecule has 1 heterocycles. The molecule has 2 rings (SSSR count). The zero-order valence-electron chi connectivity index (χ0n) is 15.9. The molecule has 1 atom stereocenters. The first-order valence-corrected chi connectivity index (χ1v) is 8.84. The third-order valence-electron chi connectivity index (χ3n) is 4.31. The average Bonchev–Trinajstić information content (AvgIpc) is 2.57. The maximum Gasteiger partial charge on any atom is 0.319 e. The molecule has 1 saturated heterocycles. The summed E-state index contributed by atoms with van der Waals surface area (Å²) in [6.07, 6.45) is 2.99. The van der Waals surface area contributed by atoms with Crippen LogP contribution in [0.2, 0.25) is 0 Å². The number of rotatable bonds is 6. The van der Waals surface area contributed by atoms with Crippen molar-refractivity contribution in [2.75, 3.05) is 30.8 Å². The van der Waals surface area contributed by atoms with Crippen LogP contribution in [0.4, 0.5) is 16.2 Å². The Balaban J connectivity index is 0.00000338. The van der Waals surface area contributed by atoms with Crippen molar-refractivity contribution in [1.29, 1.82) is 0 Å². The summed E-state index contributed by atoms with van der Waals surface area (Å²) in [5.41, 5.74) is 7.04. The molecule has 0 spiro atoms. The molecule has 27 heavy (non-hydrogen) atoms. The number of nitrogens with zero attached hydrogens (tertiary/aromatic N) is 1. The van der Waals surface area contributed by atoms with E-state index in [0.29, 0.717) is 24.2 Å². The highest BCUT2D eigenvalue weighted by Gasteiger charge is 2.18. The van der Waals surface area contributed by atoms with Gasteiger partial charge in [0.15, 0.2) is 0 Å². The van der Waals surface area contributed by atoms with E-state index < -0.39 is 0 Å². The number of hydrogen-bond donors (Lipinski definition) is 4. The summed E-state index contributed by atoms with van der Waals surface area (Å²) in [7, 11) is 2.09. The van der Waals surface area contributed by atoms with Crippen LogP contribution >= 0.6 is 24.8 Å². The largest absolute Gasteiger partial charge is 0.335 e. The summed E-state index contributed by atoms with van der Waals surface area (Å²) < 4.78 is 0. The van der Waals surface area contributed by atoms with E-state index in [4.69, 9.17) is 5.73 Å². The van der Waals surface area contributed by atoms with E-state index >= 15 is 0 Å². The van der Waals surface area contributed by atoms with Crippen LogP contribution in [-0.4, -0.2) is 49.1 Å². The second-order valence-corrected chi connectivity index (χ2v) is 6.82. The topological polar surface area (TPSA) is 99.5 Å². The number of hydrogen-bond acceptors (Lipinski definition) is 4. The molecule has 0 radical (unpaired) electrons. The van der Waals surface area contributed by atoms with E-state index in [1.807, 2.05) is 6.92 Å². The molecule has 5 N–H and O–H groups in total. The van der Waals surface area contributed by atoms with Gasteiger partial charge in [-0.1, -0.05) is 0 Å². The Morgan fingerprint density at radius 3 is 2.15 bits per heavy atom. The van der Waals surface area contributed by atoms with Gasteiger partial charge in [-0.05, 0) is 70.6 Å². The molecule has 1 aliphatic heterocycles. The molecule has 0 aromatic heterocycles. The molecule has 1 aliphatic rings. The number of halogens is 2. The molecule has 3 amide bonds. The van der Waals surface area contributed by atoms with Crippen molar-refractivity contribution in [3.8, 4) is 0 Å². The third kappa shape index (κ3) is 9.81. The minimum atomic E-state index is -0.191. The third-order valence-corrected chi connectivity index (χ3v) is 4.31. The van der Waals surface area contributed by atoms with Crippen LogP contribution in [0.3, 0.4) is 0 Å². The highest BCUT2D eigenvalue weighted by Crippen LogP contribution is 2.15. The van der Waals surface area contributed by atoms with Gasteiger partial charge in [-0.3, -0.25) is 4.79 Å². The van der Waals surface area contributed by atoms with Crippen LogP contribution in [0.5, 0.6) is 0 Å². The Morgan fingerprint density at radius 1 is 1.11 bits per heavy atom. The van der Waals surface area contributed by atoms with E-state index in [1.165, 1.54) is 0 Å². The summed E-state index contributed by atoms with van der Waals surface area (Å²) in [5, 5.41) is 8.65. The normalized spacial score (nSPS) is 15.7. The summed E-state index contributed by atoms with van der Waals surface area (Å²) >= 11 is 0. The van der Waals surface area contributed by atoms with E-state index in [-0.39, 0.29) is 48.8 Å². The Bertz CT molecular complexity index is 576. The fourth-order valence-electron chi connectivity index (χ4n) is 2.72.